The first kappa shape index (κ1) is 24.7. The van der Waals surface area contributed by atoms with Crippen LogP contribution in [0.2, 0.25) is 0 Å². The summed E-state index contributed by atoms with van der Waals surface area (Å²) < 4.78 is 7.32. The Bertz CT molecular complexity index is 1390. The maximum absolute atomic E-state index is 12.8. The molecule has 0 atom stereocenters. The zero-order valence-corrected chi connectivity index (χ0v) is 20.6. The fraction of sp³-hybridized carbons (Fsp3) is 0.214. The van der Waals surface area contributed by atoms with Crippen molar-refractivity contribution in [1.29, 1.82) is 0 Å². The van der Waals surface area contributed by atoms with Gasteiger partial charge >= 0.3 is 5.97 Å². The molecule has 1 amide bonds. The molecule has 2 aromatic carbocycles. The first-order chi connectivity index (χ1) is 17.1. The van der Waals surface area contributed by atoms with Crippen molar-refractivity contribution in [3.05, 3.63) is 89.9 Å². The van der Waals surface area contributed by atoms with Gasteiger partial charge in [0.05, 0.1) is 5.69 Å². The molecule has 0 bridgehead atoms. The number of nitrogens with zero attached hydrogens (tertiary/aromatic N) is 3. The number of hydrogen-bond acceptors (Lipinski definition) is 5. The molecule has 2 aromatic heterocycles. The maximum atomic E-state index is 12.8. The first-order valence-electron chi connectivity index (χ1n) is 11.5. The second kappa shape index (κ2) is 10.0. The van der Waals surface area contributed by atoms with Crippen LogP contribution in [0.1, 0.15) is 35.5 Å². The maximum Gasteiger partial charge on any atom is 0.347 e. The number of pyridine rings is 1. The van der Waals surface area contributed by atoms with E-state index in [4.69, 9.17) is 4.74 Å². The van der Waals surface area contributed by atoms with Crippen LogP contribution in [0, 0.1) is 6.92 Å². The van der Waals surface area contributed by atoms with Crippen molar-refractivity contribution in [1.82, 2.24) is 20.1 Å². The predicted octanol–water partition coefficient (Wildman–Crippen LogP) is 4.63. The Morgan fingerprint density at radius 1 is 0.972 bits per heavy atom. The van der Waals surface area contributed by atoms with Gasteiger partial charge in [0.25, 0.3) is 5.91 Å². The van der Waals surface area contributed by atoms with Gasteiger partial charge in [-0.25, -0.2) is 4.79 Å². The monoisotopic (exact) mass is 484 g/mol. The Labute approximate surface area is 209 Å². The number of benzene rings is 2. The minimum absolute atomic E-state index is 0.282. The Hall–Kier alpha value is -4.46. The summed E-state index contributed by atoms with van der Waals surface area (Å²) >= 11 is 0. The van der Waals surface area contributed by atoms with Crippen molar-refractivity contribution in [3.8, 4) is 28.1 Å². The number of ether oxygens (including phenoxy) is 1. The minimum Gasteiger partial charge on any atom is -0.478 e. The lowest BCUT2D eigenvalue weighted by molar-refractivity contribution is -0.152. The van der Waals surface area contributed by atoms with E-state index in [2.05, 4.69) is 15.4 Å². The van der Waals surface area contributed by atoms with Crippen molar-refractivity contribution in [2.75, 3.05) is 0 Å². The number of carbonyl (C=O) groups is 2. The van der Waals surface area contributed by atoms with Gasteiger partial charge in [-0.15, -0.1) is 0 Å². The average Bonchev–Trinajstić information content (AvgIpc) is 3.26. The number of aromatic nitrogens is 3. The largest absolute Gasteiger partial charge is 0.478 e. The summed E-state index contributed by atoms with van der Waals surface area (Å²) in [6.07, 6.45) is 3.53. The first-order valence-corrected chi connectivity index (χ1v) is 11.5. The molecule has 2 heterocycles. The summed E-state index contributed by atoms with van der Waals surface area (Å²) in [5.74, 6) is -0.838. The molecular formula is C28H28N4O4. The van der Waals surface area contributed by atoms with Crippen LogP contribution in [0.25, 0.3) is 22.4 Å². The Kier molecular flexibility index (Phi) is 6.87. The van der Waals surface area contributed by atoms with E-state index in [0.717, 1.165) is 33.5 Å². The molecule has 0 saturated heterocycles. The van der Waals surface area contributed by atoms with Crippen LogP contribution < -0.4 is 10.1 Å². The summed E-state index contributed by atoms with van der Waals surface area (Å²) in [5.41, 5.74) is 4.59. The van der Waals surface area contributed by atoms with E-state index < -0.39 is 11.6 Å². The summed E-state index contributed by atoms with van der Waals surface area (Å²) in [4.78, 5) is 28.2. The highest BCUT2D eigenvalue weighted by molar-refractivity contribution is 5.93. The summed E-state index contributed by atoms with van der Waals surface area (Å²) in [6, 6.07) is 19.1. The standard InChI is InChI=1S/C28H28N4O4/c1-18-15-19(5-10-25(18)36-28(2,3)27(34)35)17-30-26(33)23-16-24(32(4)31-23)22-8-6-20(7-9-22)21-11-13-29-14-12-21/h5-16H,17H2,1-4H3,(H,30,33)(H,34,35). The molecule has 0 spiro atoms. The Balaban J connectivity index is 1.42. The molecule has 184 valence electrons. The number of carbonyl (C=O) groups excluding carboxylic acids is 1. The quantitative estimate of drug-likeness (QED) is 0.378. The van der Waals surface area contributed by atoms with Crippen molar-refractivity contribution in [3.63, 3.8) is 0 Å². The third-order valence-electron chi connectivity index (χ3n) is 5.88. The van der Waals surface area contributed by atoms with Gasteiger partial charge in [-0.2, -0.15) is 5.10 Å². The van der Waals surface area contributed by atoms with E-state index >= 15 is 0 Å². The summed E-state index contributed by atoms with van der Waals surface area (Å²) in [7, 11) is 1.81. The molecule has 0 radical (unpaired) electrons. The van der Waals surface area contributed by atoms with Gasteiger partial charge in [0.1, 0.15) is 5.75 Å². The topological polar surface area (TPSA) is 106 Å². The number of carboxylic acids is 1. The van der Waals surface area contributed by atoms with Gasteiger partial charge in [-0.3, -0.25) is 14.5 Å². The molecule has 0 unspecified atom stereocenters. The van der Waals surface area contributed by atoms with Crippen LogP contribution in [0.5, 0.6) is 5.75 Å². The molecule has 8 nitrogen and oxygen atoms in total. The summed E-state index contributed by atoms with van der Waals surface area (Å²) in [6.45, 7) is 5.14. The second-order valence-corrected chi connectivity index (χ2v) is 9.05. The number of rotatable bonds is 8. The number of aliphatic carboxylic acids is 1. The minimum atomic E-state index is -1.34. The van der Waals surface area contributed by atoms with E-state index in [1.807, 2.05) is 56.4 Å². The molecule has 36 heavy (non-hydrogen) atoms. The molecule has 0 aliphatic rings. The smallest absolute Gasteiger partial charge is 0.347 e. The lowest BCUT2D eigenvalue weighted by Crippen LogP contribution is -2.38. The van der Waals surface area contributed by atoms with Gasteiger partial charge in [0.2, 0.25) is 0 Å². The number of carboxylic acid groups (broad SMARTS) is 1. The molecule has 0 aliphatic carbocycles. The third kappa shape index (κ3) is 5.43. The van der Waals surface area contributed by atoms with Crippen LogP contribution in [0.3, 0.4) is 0 Å². The fourth-order valence-electron chi connectivity index (χ4n) is 3.75. The number of nitrogens with one attached hydrogen (secondary N) is 1. The number of hydrogen-bond donors (Lipinski definition) is 2. The molecule has 8 heteroatoms. The van der Waals surface area contributed by atoms with Crippen LogP contribution in [-0.2, 0) is 18.4 Å². The third-order valence-corrected chi connectivity index (χ3v) is 5.88. The predicted molar refractivity (Wildman–Crippen MR) is 137 cm³/mol. The number of aryl methyl sites for hydroxylation is 2. The van der Waals surface area contributed by atoms with Gasteiger partial charge in [-0.1, -0.05) is 36.4 Å². The van der Waals surface area contributed by atoms with E-state index in [9.17, 15) is 14.7 Å². The molecule has 0 fully saturated rings. The zero-order valence-electron chi connectivity index (χ0n) is 20.6. The second-order valence-electron chi connectivity index (χ2n) is 9.05. The molecule has 4 aromatic rings. The summed E-state index contributed by atoms with van der Waals surface area (Å²) in [5, 5.41) is 16.6. The highest BCUT2D eigenvalue weighted by Gasteiger charge is 2.29. The zero-order chi connectivity index (χ0) is 25.9. The van der Waals surface area contributed by atoms with Crippen LogP contribution in [0.15, 0.2) is 73.1 Å². The average molecular weight is 485 g/mol. The van der Waals surface area contributed by atoms with Crippen LogP contribution in [0.4, 0.5) is 0 Å². The van der Waals surface area contributed by atoms with Gasteiger partial charge < -0.3 is 15.2 Å². The Morgan fingerprint density at radius 3 is 2.25 bits per heavy atom. The van der Waals surface area contributed by atoms with Gasteiger partial charge in [0, 0.05) is 26.0 Å². The molecule has 0 aliphatic heterocycles. The van der Waals surface area contributed by atoms with Crippen LogP contribution >= 0.6 is 0 Å². The molecule has 4 rings (SSSR count). The molecule has 2 N–H and O–H groups in total. The normalized spacial score (nSPS) is 11.2. The highest BCUT2D eigenvalue weighted by Crippen LogP contribution is 2.26. The van der Waals surface area contributed by atoms with E-state index in [0.29, 0.717) is 18.0 Å². The SMILES string of the molecule is Cc1cc(CNC(=O)c2cc(-c3ccc(-c4ccncc4)cc3)n(C)n2)ccc1OC(C)(C)C(=O)O. The lowest BCUT2D eigenvalue weighted by Gasteiger charge is -2.23. The molecule has 0 saturated carbocycles. The van der Waals surface area contributed by atoms with Crippen molar-refractivity contribution < 1.29 is 19.4 Å². The highest BCUT2D eigenvalue weighted by atomic mass is 16.5. The van der Waals surface area contributed by atoms with Crippen molar-refractivity contribution in [2.45, 2.75) is 32.9 Å². The molecular weight excluding hydrogens is 456 g/mol. The van der Waals surface area contributed by atoms with Crippen molar-refractivity contribution in [2.24, 2.45) is 7.05 Å². The van der Waals surface area contributed by atoms with Gasteiger partial charge in [-0.05, 0) is 72.9 Å². The van der Waals surface area contributed by atoms with E-state index in [1.54, 1.807) is 35.3 Å². The van der Waals surface area contributed by atoms with Crippen LogP contribution in [-0.4, -0.2) is 37.3 Å². The van der Waals surface area contributed by atoms with Crippen molar-refractivity contribution >= 4 is 11.9 Å². The van der Waals surface area contributed by atoms with E-state index in [1.165, 1.54) is 13.8 Å². The van der Waals surface area contributed by atoms with E-state index in [-0.39, 0.29) is 5.91 Å². The number of amides is 1. The van der Waals surface area contributed by atoms with Gasteiger partial charge in [0.15, 0.2) is 11.3 Å². The lowest BCUT2D eigenvalue weighted by atomic mass is 10.0. The fourth-order valence-corrected chi connectivity index (χ4v) is 3.75. The Morgan fingerprint density at radius 2 is 1.61 bits per heavy atom.